The second kappa shape index (κ2) is 8.72. The number of nitriles is 1. The normalized spacial score (nSPS) is 16.1. The topological polar surface area (TPSA) is 78.0 Å². The molecule has 0 amide bonds. The second-order valence-electron chi connectivity index (χ2n) is 7.15. The highest BCUT2D eigenvalue weighted by atomic mass is 19.1. The minimum atomic E-state index is -0.309. The number of nitrogens with zero attached hydrogens (tertiary/aromatic N) is 5. The van der Waals surface area contributed by atoms with Gasteiger partial charge in [0.15, 0.2) is 0 Å². The summed E-state index contributed by atoms with van der Waals surface area (Å²) in [5.74, 6) is -0.0855. The van der Waals surface area contributed by atoms with Gasteiger partial charge in [0.2, 0.25) is 0 Å². The van der Waals surface area contributed by atoms with E-state index >= 15 is 0 Å². The van der Waals surface area contributed by atoms with Gasteiger partial charge in [0.1, 0.15) is 24.2 Å². The zero-order chi connectivity index (χ0) is 20.9. The molecular formula is C23H20FN5O. The maximum absolute atomic E-state index is 13.4. The summed E-state index contributed by atoms with van der Waals surface area (Å²) in [5.41, 5.74) is 3.25. The van der Waals surface area contributed by atoms with Crippen LogP contribution in [0.2, 0.25) is 0 Å². The lowest BCUT2D eigenvalue weighted by Crippen LogP contribution is -2.35. The van der Waals surface area contributed by atoms with Gasteiger partial charge in [-0.3, -0.25) is 4.90 Å². The van der Waals surface area contributed by atoms with E-state index in [4.69, 9.17) is 0 Å². The van der Waals surface area contributed by atoms with Crippen molar-refractivity contribution in [1.29, 1.82) is 5.26 Å². The lowest BCUT2D eigenvalue weighted by Gasteiger charge is -2.32. The Morgan fingerprint density at radius 2 is 1.80 bits per heavy atom. The van der Waals surface area contributed by atoms with Crippen molar-refractivity contribution >= 4 is 5.57 Å². The second-order valence-corrected chi connectivity index (χ2v) is 7.15. The molecule has 0 fully saturated rings. The molecule has 150 valence electrons. The highest BCUT2D eigenvalue weighted by molar-refractivity contribution is 5.84. The molecular weight excluding hydrogens is 381 g/mol. The molecule has 1 unspecified atom stereocenters. The van der Waals surface area contributed by atoms with E-state index in [2.05, 4.69) is 27.2 Å². The van der Waals surface area contributed by atoms with Gasteiger partial charge >= 0.3 is 0 Å². The summed E-state index contributed by atoms with van der Waals surface area (Å²) in [7, 11) is 0. The van der Waals surface area contributed by atoms with Crippen molar-refractivity contribution in [2.75, 3.05) is 0 Å². The summed E-state index contributed by atoms with van der Waals surface area (Å²) in [6.45, 7) is 1.19. The first-order valence-corrected chi connectivity index (χ1v) is 9.55. The summed E-state index contributed by atoms with van der Waals surface area (Å²) >= 11 is 0. The number of aromatic nitrogens is 3. The van der Waals surface area contributed by atoms with E-state index in [0.717, 1.165) is 16.7 Å². The van der Waals surface area contributed by atoms with Crippen LogP contribution in [0, 0.1) is 17.1 Å². The molecule has 30 heavy (non-hydrogen) atoms. The number of rotatable bonds is 6. The molecule has 1 N–H and O–H groups in total. The van der Waals surface area contributed by atoms with Crippen LogP contribution in [-0.2, 0) is 13.2 Å². The Hall–Kier alpha value is -3.76. The van der Waals surface area contributed by atoms with Gasteiger partial charge in [0.25, 0.3) is 0 Å². The number of halogens is 1. The van der Waals surface area contributed by atoms with Crippen molar-refractivity contribution in [3.63, 3.8) is 0 Å². The van der Waals surface area contributed by atoms with Crippen LogP contribution in [-0.4, -0.2) is 30.8 Å². The van der Waals surface area contributed by atoms with Crippen LogP contribution < -0.4 is 0 Å². The van der Waals surface area contributed by atoms with E-state index < -0.39 is 0 Å². The number of hydrogen-bond donors (Lipinski definition) is 1. The molecule has 0 saturated carbocycles. The smallest absolute Gasteiger partial charge is 0.123 e. The summed E-state index contributed by atoms with van der Waals surface area (Å²) in [6.07, 6.45) is 7.99. The van der Waals surface area contributed by atoms with Gasteiger partial charge in [-0.1, -0.05) is 36.4 Å². The zero-order valence-corrected chi connectivity index (χ0v) is 16.2. The van der Waals surface area contributed by atoms with Crippen molar-refractivity contribution in [3.05, 3.63) is 95.9 Å². The molecule has 3 aromatic rings. The molecule has 0 radical (unpaired) electrons. The molecule has 0 saturated heterocycles. The average Bonchev–Trinajstić information content (AvgIpc) is 3.28. The van der Waals surface area contributed by atoms with E-state index in [-0.39, 0.29) is 17.6 Å². The highest BCUT2D eigenvalue weighted by Crippen LogP contribution is 2.31. The largest absolute Gasteiger partial charge is 0.508 e. The molecule has 0 bridgehead atoms. The first-order valence-electron chi connectivity index (χ1n) is 9.55. The van der Waals surface area contributed by atoms with Crippen LogP contribution in [0.15, 0.2) is 78.9 Å². The van der Waals surface area contributed by atoms with Gasteiger partial charge in [-0.25, -0.2) is 4.39 Å². The van der Waals surface area contributed by atoms with Gasteiger partial charge in [-0.2, -0.15) is 5.26 Å². The van der Waals surface area contributed by atoms with E-state index in [1.165, 1.54) is 12.1 Å². The van der Waals surface area contributed by atoms with Crippen molar-refractivity contribution in [3.8, 4) is 11.8 Å². The fraction of sp³-hybridized carbons (Fsp3) is 0.174. The highest BCUT2D eigenvalue weighted by Gasteiger charge is 2.23. The number of phenolic OH excluding ortho intramolecular Hbond substituents is 1. The van der Waals surface area contributed by atoms with Crippen molar-refractivity contribution in [2.45, 2.75) is 25.7 Å². The third kappa shape index (κ3) is 4.45. The summed E-state index contributed by atoms with van der Waals surface area (Å²) < 4.78 is 15.3. The first-order chi connectivity index (χ1) is 14.6. The number of aromatic hydroxyl groups is 1. The van der Waals surface area contributed by atoms with Crippen molar-refractivity contribution < 1.29 is 9.50 Å². The predicted molar refractivity (Wildman–Crippen MR) is 110 cm³/mol. The van der Waals surface area contributed by atoms with Crippen LogP contribution in [0.4, 0.5) is 4.39 Å². The molecule has 2 aromatic carbocycles. The molecule has 1 heterocycles. The monoisotopic (exact) mass is 401 g/mol. The predicted octanol–water partition coefficient (Wildman–Crippen LogP) is 3.89. The van der Waals surface area contributed by atoms with E-state index in [1.54, 1.807) is 36.9 Å². The fourth-order valence-electron chi connectivity index (χ4n) is 3.55. The molecule has 0 aliphatic heterocycles. The minimum Gasteiger partial charge on any atom is -0.508 e. The van der Waals surface area contributed by atoms with Gasteiger partial charge in [0, 0.05) is 12.6 Å². The quantitative estimate of drug-likeness (QED) is 0.678. The molecule has 4 rings (SSSR count). The Balaban J connectivity index is 1.66. The third-order valence-corrected chi connectivity index (χ3v) is 5.09. The number of allylic oxidation sites excluding steroid dienone is 2. The van der Waals surface area contributed by atoms with E-state index in [0.29, 0.717) is 25.2 Å². The average molecular weight is 401 g/mol. The molecule has 1 aliphatic carbocycles. The van der Waals surface area contributed by atoms with Crippen molar-refractivity contribution in [1.82, 2.24) is 19.7 Å². The van der Waals surface area contributed by atoms with Crippen molar-refractivity contribution in [2.24, 2.45) is 0 Å². The Morgan fingerprint density at radius 3 is 2.47 bits per heavy atom. The van der Waals surface area contributed by atoms with Crippen LogP contribution in [0.1, 0.15) is 17.5 Å². The van der Waals surface area contributed by atoms with Crippen LogP contribution in [0.3, 0.4) is 0 Å². The Labute approximate surface area is 173 Å². The summed E-state index contributed by atoms with van der Waals surface area (Å²) in [4.78, 5) is 2.24. The molecule has 0 spiro atoms. The number of phenols is 1. The molecule has 6 nitrogen and oxygen atoms in total. The molecule has 1 aliphatic rings. The van der Waals surface area contributed by atoms with Gasteiger partial charge in [-0.15, -0.1) is 10.2 Å². The Bertz CT molecular complexity index is 1100. The van der Waals surface area contributed by atoms with Crippen LogP contribution in [0.5, 0.6) is 5.75 Å². The van der Waals surface area contributed by atoms with Crippen LogP contribution >= 0.6 is 0 Å². The Morgan fingerprint density at radius 1 is 1.10 bits per heavy atom. The van der Waals surface area contributed by atoms with E-state index in [1.807, 2.05) is 22.8 Å². The SMILES string of the molecule is N#CC1=CCC(N(Cc2ccc(O)cc2)Cn2cnnc2)C=C1c1ccc(F)cc1. The van der Waals surface area contributed by atoms with Gasteiger partial charge in [0.05, 0.1) is 18.3 Å². The maximum Gasteiger partial charge on any atom is 0.123 e. The summed E-state index contributed by atoms with van der Waals surface area (Å²) in [5, 5.41) is 26.9. The van der Waals surface area contributed by atoms with Crippen LogP contribution in [0.25, 0.3) is 5.57 Å². The van der Waals surface area contributed by atoms with E-state index in [9.17, 15) is 14.8 Å². The molecule has 7 heteroatoms. The fourth-order valence-corrected chi connectivity index (χ4v) is 3.55. The first kappa shape index (κ1) is 19.6. The van der Waals surface area contributed by atoms with Gasteiger partial charge in [-0.05, 0) is 47.4 Å². The molecule has 1 aromatic heterocycles. The summed E-state index contributed by atoms with van der Waals surface area (Å²) in [6, 6.07) is 15.6. The Kier molecular flexibility index (Phi) is 5.68. The third-order valence-electron chi connectivity index (χ3n) is 5.09. The number of benzene rings is 2. The number of hydrogen-bond acceptors (Lipinski definition) is 5. The van der Waals surface area contributed by atoms with Gasteiger partial charge < -0.3 is 9.67 Å². The zero-order valence-electron chi connectivity index (χ0n) is 16.2. The lowest BCUT2D eigenvalue weighted by atomic mass is 9.89. The minimum absolute atomic E-state index is 0.0124. The standard InChI is InChI=1S/C23H20FN5O/c24-20-6-3-18(4-7-20)23-11-21(8-5-19(23)12-25)29(16-28-14-26-27-15-28)13-17-1-9-22(30)10-2-17/h1-7,9-11,14-15,21,30H,8,13,16H2. The lowest BCUT2D eigenvalue weighted by molar-refractivity contribution is 0.169. The molecule has 1 atom stereocenters. The maximum atomic E-state index is 13.4.